The smallest absolute Gasteiger partial charge is 0.258 e. The van der Waals surface area contributed by atoms with E-state index in [2.05, 4.69) is 5.32 Å². The Hall–Kier alpha value is -2.40. The Labute approximate surface area is 145 Å². The standard InChI is InChI=1S/C18H18ClNO4/c1-22-16-4-2-3-5-17(16)24-11-18(21)20-14-8-9-23-15-7-6-12(19)10-13(14)15/h2-7,10,14H,8-9,11H2,1H3,(H,20,21). The van der Waals surface area contributed by atoms with Crippen molar-refractivity contribution in [2.45, 2.75) is 12.5 Å². The molecule has 5 nitrogen and oxygen atoms in total. The van der Waals surface area contributed by atoms with Gasteiger partial charge in [-0.25, -0.2) is 0 Å². The van der Waals surface area contributed by atoms with Gasteiger partial charge in [-0.05, 0) is 30.3 Å². The lowest BCUT2D eigenvalue weighted by Crippen LogP contribution is -2.35. The van der Waals surface area contributed by atoms with E-state index >= 15 is 0 Å². The topological polar surface area (TPSA) is 56.8 Å². The van der Waals surface area contributed by atoms with Crippen molar-refractivity contribution in [1.82, 2.24) is 5.32 Å². The third-order valence-corrected chi connectivity index (χ3v) is 4.01. The summed E-state index contributed by atoms with van der Waals surface area (Å²) in [6.07, 6.45) is 0.688. The average Bonchev–Trinajstić information content (AvgIpc) is 2.60. The van der Waals surface area contributed by atoms with Gasteiger partial charge in [-0.3, -0.25) is 4.79 Å². The number of nitrogens with one attached hydrogen (secondary N) is 1. The highest BCUT2D eigenvalue weighted by atomic mass is 35.5. The number of hydrogen-bond donors (Lipinski definition) is 1. The lowest BCUT2D eigenvalue weighted by molar-refractivity contribution is -0.124. The Balaban J connectivity index is 1.63. The second-order valence-corrected chi connectivity index (χ2v) is 5.82. The number of amides is 1. The van der Waals surface area contributed by atoms with Gasteiger partial charge in [0.05, 0.1) is 19.8 Å². The van der Waals surface area contributed by atoms with Crippen LogP contribution in [0.25, 0.3) is 0 Å². The molecular formula is C18H18ClNO4. The van der Waals surface area contributed by atoms with Gasteiger partial charge in [0.2, 0.25) is 0 Å². The molecule has 126 valence electrons. The predicted molar refractivity (Wildman–Crippen MR) is 90.9 cm³/mol. The molecule has 0 saturated carbocycles. The van der Waals surface area contributed by atoms with Crippen LogP contribution < -0.4 is 19.5 Å². The molecular weight excluding hydrogens is 330 g/mol. The van der Waals surface area contributed by atoms with E-state index < -0.39 is 0 Å². The van der Waals surface area contributed by atoms with Crippen molar-refractivity contribution in [2.75, 3.05) is 20.3 Å². The summed E-state index contributed by atoms with van der Waals surface area (Å²) in [6, 6.07) is 12.5. The van der Waals surface area contributed by atoms with Gasteiger partial charge in [0.15, 0.2) is 18.1 Å². The summed E-state index contributed by atoms with van der Waals surface area (Å²) in [5.41, 5.74) is 0.888. The van der Waals surface area contributed by atoms with Crippen LogP contribution in [0.2, 0.25) is 5.02 Å². The third-order valence-electron chi connectivity index (χ3n) is 3.77. The van der Waals surface area contributed by atoms with E-state index in [0.717, 1.165) is 11.3 Å². The zero-order valence-corrected chi connectivity index (χ0v) is 14.0. The van der Waals surface area contributed by atoms with E-state index in [9.17, 15) is 4.79 Å². The summed E-state index contributed by atoms with van der Waals surface area (Å²) in [5, 5.41) is 3.58. The van der Waals surface area contributed by atoms with Gasteiger partial charge in [-0.2, -0.15) is 0 Å². The first kappa shape index (κ1) is 16.5. The van der Waals surface area contributed by atoms with Gasteiger partial charge in [-0.15, -0.1) is 0 Å². The van der Waals surface area contributed by atoms with E-state index in [-0.39, 0.29) is 18.6 Å². The van der Waals surface area contributed by atoms with Crippen LogP contribution in [-0.2, 0) is 4.79 Å². The maximum absolute atomic E-state index is 12.2. The summed E-state index contributed by atoms with van der Waals surface area (Å²) in [6.45, 7) is 0.459. The number of benzene rings is 2. The van der Waals surface area contributed by atoms with E-state index in [1.165, 1.54) is 0 Å². The predicted octanol–water partition coefficient (Wildman–Crippen LogP) is 3.37. The lowest BCUT2D eigenvalue weighted by atomic mass is 10.0. The van der Waals surface area contributed by atoms with Crippen LogP contribution in [0.1, 0.15) is 18.0 Å². The maximum Gasteiger partial charge on any atom is 0.258 e. The van der Waals surface area contributed by atoms with E-state index in [4.69, 9.17) is 25.8 Å². The highest BCUT2D eigenvalue weighted by Crippen LogP contribution is 2.34. The van der Waals surface area contributed by atoms with Gasteiger partial charge >= 0.3 is 0 Å². The molecule has 6 heteroatoms. The Morgan fingerprint density at radius 1 is 1.29 bits per heavy atom. The molecule has 1 aliphatic heterocycles. The highest BCUT2D eigenvalue weighted by molar-refractivity contribution is 6.30. The fraction of sp³-hybridized carbons (Fsp3) is 0.278. The first-order chi connectivity index (χ1) is 11.7. The van der Waals surface area contributed by atoms with E-state index in [1.54, 1.807) is 25.3 Å². The molecule has 2 aromatic carbocycles. The molecule has 0 fully saturated rings. The molecule has 3 rings (SSSR count). The van der Waals surface area contributed by atoms with Gasteiger partial charge in [0.1, 0.15) is 5.75 Å². The number of halogens is 1. The van der Waals surface area contributed by atoms with Gasteiger partial charge in [0, 0.05) is 17.0 Å². The van der Waals surface area contributed by atoms with Crippen LogP contribution in [0.3, 0.4) is 0 Å². The summed E-state index contributed by atoms with van der Waals surface area (Å²) in [7, 11) is 1.56. The minimum Gasteiger partial charge on any atom is -0.493 e. The van der Waals surface area contributed by atoms with Crippen LogP contribution in [0.5, 0.6) is 17.2 Å². The fourth-order valence-electron chi connectivity index (χ4n) is 2.63. The first-order valence-corrected chi connectivity index (χ1v) is 8.02. The van der Waals surface area contributed by atoms with E-state index in [1.807, 2.05) is 24.3 Å². The zero-order chi connectivity index (χ0) is 16.9. The third kappa shape index (κ3) is 3.74. The molecule has 2 aromatic rings. The number of fused-ring (bicyclic) bond motifs is 1. The zero-order valence-electron chi connectivity index (χ0n) is 13.3. The summed E-state index contributed by atoms with van der Waals surface area (Å²) in [4.78, 5) is 12.2. The minimum absolute atomic E-state index is 0.0897. The van der Waals surface area contributed by atoms with Gasteiger partial charge in [0.25, 0.3) is 5.91 Å². The molecule has 1 atom stereocenters. The number of methoxy groups -OCH3 is 1. The molecule has 1 heterocycles. The Bertz CT molecular complexity index is 735. The van der Waals surface area contributed by atoms with Gasteiger partial charge in [-0.1, -0.05) is 23.7 Å². The number of carbonyl (C=O) groups is 1. The summed E-state index contributed by atoms with van der Waals surface area (Å²) >= 11 is 6.05. The van der Waals surface area contributed by atoms with Crippen molar-refractivity contribution in [3.05, 3.63) is 53.1 Å². The SMILES string of the molecule is COc1ccccc1OCC(=O)NC1CCOc2ccc(Cl)cc21. The number of ether oxygens (including phenoxy) is 3. The molecule has 24 heavy (non-hydrogen) atoms. The van der Waals surface area contributed by atoms with Crippen molar-refractivity contribution in [2.24, 2.45) is 0 Å². The number of rotatable bonds is 5. The molecule has 0 aliphatic carbocycles. The highest BCUT2D eigenvalue weighted by Gasteiger charge is 2.23. The monoisotopic (exact) mass is 347 g/mol. The number of hydrogen-bond acceptors (Lipinski definition) is 4. The van der Waals surface area contributed by atoms with E-state index in [0.29, 0.717) is 29.5 Å². The molecule has 0 aromatic heterocycles. The van der Waals surface area contributed by atoms with Crippen molar-refractivity contribution in [3.8, 4) is 17.2 Å². The Morgan fingerprint density at radius 2 is 2.08 bits per heavy atom. The van der Waals surface area contributed by atoms with Crippen molar-refractivity contribution in [1.29, 1.82) is 0 Å². The molecule has 0 spiro atoms. The second kappa shape index (κ2) is 7.45. The Morgan fingerprint density at radius 3 is 2.88 bits per heavy atom. The molecule has 1 amide bonds. The quantitative estimate of drug-likeness (QED) is 0.901. The molecule has 1 aliphatic rings. The van der Waals surface area contributed by atoms with Crippen LogP contribution in [0.15, 0.2) is 42.5 Å². The number of carbonyl (C=O) groups excluding carboxylic acids is 1. The first-order valence-electron chi connectivity index (χ1n) is 7.65. The fourth-order valence-corrected chi connectivity index (χ4v) is 2.81. The summed E-state index contributed by atoms with van der Waals surface area (Å²) in [5.74, 6) is 1.67. The van der Waals surface area contributed by atoms with Crippen LogP contribution in [-0.4, -0.2) is 26.2 Å². The minimum atomic E-state index is -0.210. The Kier molecular flexibility index (Phi) is 5.11. The summed E-state index contributed by atoms with van der Waals surface area (Å²) < 4.78 is 16.3. The van der Waals surface area contributed by atoms with Gasteiger partial charge < -0.3 is 19.5 Å². The average molecular weight is 348 g/mol. The van der Waals surface area contributed by atoms with Crippen LogP contribution in [0, 0.1) is 0 Å². The second-order valence-electron chi connectivity index (χ2n) is 5.38. The lowest BCUT2D eigenvalue weighted by Gasteiger charge is -2.27. The molecule has 0 bridgehead atoms. The van der Waals surface area contributed by atoms with Crippen LogP contribution in [0.4, 0.5) is 0 Å². The molecule has 0 radical (unpaired) electrons. The number of para-hydroxylation sites is 2. The van der Waals surface area contributed by atoms with Crippen molar-refractivity contribution >= 4 is 17.5 Å². The normalized spacial score (nSPS) is 15.8. The largest absolute Gasteiger partial charge is 0.493 e. The van der Waals surface area contributed by atoms with Crippen LogP contribution >= 0.6 is 11.6 Å². The molecule has 1 unspecified atom stereocenters. The molecule has 1 N–H and O–H groups in total. The van der Waals surface area contributed by atoms with Crippen molar-refractivity contribution < 1.29 is 19.0 Å². The van der Waals surface area contributed by atoms with Crippen molar-refractivity contribution in [3.63, 3.8) is 0 Å². The molecule has 0 saturated heterocycles. The maximum atomic E-state index is 12.2.